The molecule has 0 fully saturated rings. The SMILES string of the molecule is O=C(C=Cc1ccccc1)Oc1cccc2cccc(OC(=O)c3ccccc3-c3ccccc3)c12. The van der Waals surface area contributed by atoms with Gasteiger partial charge in [0.1, 0.15) is 11.5 Å². The summed E-state index contributed by atoms with van der Waals surface area (Å²) in [6.45, 7) is 0. The molecule has 4 nitrogen and oxygen atoms in total. The van der Waals surface area contributed by atoms with E-state index in [0.29, 0.717) is 22.4 Å². The standard InChI is InChI=1S/C32H22O4/c33-30(22-21-23-11-3-1-4-12-23)35-28-19-9-15-25-16-10-20-29(31(25)28)36-32(34)27-18-8-7-17-26(27)24-13-5-2-6-14-24/h1-22H. The van der Waals surface area contributed by atoms with Crippen LogP contribution in [0.1, 0.15) is 15.9 Å². The number of esters is 2. The third-order valence-electron chi connectivity index (χ3n) is 5.68. The molecule has 4 heteroatoms. The van der Waals surface area contributed by atoms with Gasteiger partial charge in [0.25, 0.3) is 0 Å². The van der Waals surface area contributed by atoms with E-state index in [9.17, 15) is 9.59 Å². The molecule has 36 heavy (non-hydrogen) atoms. The molecule has 0 saturated carbocycles. The second-order valence-corrected chi connectivity index (χ2v) is 8.08. The fourth-order valence-corrected chi connectivity index (χ4v) is 4.00. The molecule has 5 rings (SSSR count). The minimum absolute atomic E-state index is 0.315. The molecule has 0 spiro atoms. The fraction of sp³-hybridized carbons (Fsp3) is 0. The summed E-state index contributed by atoms with van der Waals surface area (Å²) in [7, 11) is 0. The number of hydrogen-bond donors (Lipinski definition) is 0. The van der Waals surface area contributed by atoms with Crippen LogP contribution in [0.2, 0.25) is 0 Å². The fourth-order valence-electron chi connectivity index (χ4n) is 4.00. The van der Waals surface area contributed by atoms with Crippen molar-refractivity contribution >= 4 is 28.8 Å². The molecule has 0 aliphatic heterocycles. The van der Waals surface area contributed by atoms with E-state index in [2.05, 4.69) is 0 Å². The Hall–Kier alpha value is -4.96. The monoisotopic (exact) mass is 470 g/mol. The van der Waals surface area contributed by atoms with Crippen LogP contribution in [0.15, 0.2) is 127 Å². The Bertz CT molecular complexity index is 1550. The molecule has 0 aliphatic carbocycles. The van der Waals surface area contributed by atoms with Crippen LogP contribution in [0, 0.1) is 0 Å². The number of benzene rings is 5. The van der Waals surface area contributed by atoms with Crippen LogP contribution < -0.4 is 9.47 Å². The van der Waals surface area contributed by atoms with Crippen LogP contribution >= 0.6 is 0 Å². The quantitative estimate of drug-likeness (QED) is 0.148. The smallest absolute Gasteiger partial charge is 0.344 e. The average Bonchev–Trinajstić information content (AvgIpc) is 2.93. The van der Waals surface area contributed by atoms with E-state index in [1.165, 1.54) is 6.08 Å². The summed E-state index contributed by atoms with van der Waals surface area (Å²) in [5.41, 5.74) is 3.03. The van der Waals surface area contributed by atoms with Crippen LogP contribution in [-0.4, -0.2) is 11.9 Å². The summed E-state index contributed by atoms with van der Waals surface area (Å²) in [5, 5.41) is 1.33. The van der Waals surface area contributed by atoms with Crippen molar-refractivity contribution in [1.29, 1.82) is 0 Å². The molecule has 0 radical (unpaired) electrons. The van der Waals surface area contributed by atoms with Crippen molar-refractivity contribution in [2.24, 2.45) is 0 Å². The lowest BCUT2D eigenvalue weighted by atomic mass is 10.00. The highest BCUT2D eigenvalue weighted by Gasteiger charge is 2.18. The van der Waals surface area contributed by atoms with E-state index in [0.717, 1.165) is 22.1 Å². The van der Waals surface area contributed by atoms with Gasteiger partial charge in [0.2, 0.25) is 0 Å². The van der Waals surface area contributed by atoms with E-state index in [1.807, 2.05) is 84.9 Å². The number of carbonyl (C=O) groups excluding carboxylic acids is 2. The molecule has 0 unspecified atom stereocenters. The van der Waals surface area contributed by atoms with E-state index in [4.69, 9.17) is 9.47 Å². The van der Waals surface area contributed by atoms with Crippen molar-refractivity contribution in [3.63, 3.8) is 0 Å². The van der Waals surface area contributed by atoms with E-state index in [-0.39, 0.29) is 0 Å². The Balaban J connectivity index is 1.45. The predicted octanol–water partition coefficient (Wildman–Crippen LogP) is 7.34. The van der Waals surface area contributed by atoms with Gasteiger partial charge < -0.3 is 9.47 Å². The van der Waals surface area contributed by atoms with Crippen molar-refractivity contribution in [1.82, 2.24) is 0 Å². The lowest BCUT2D eigenvalue weighted by Crippen LogP contribution is -2.11. The topological polar surface area (TPSA) is 52.6 Å². The van der Waals surface area contributed by atoms with Gasteiger partial charge in [0.05, 0.1) is 10.9 Å². The van der Waals surface area contributed by atoms with Gasteiger partial charge in [-0.3, -0.25) is 0 Å². The zero-order valence-electron chi connectivity index (χ0n) is 19.3. The van der Waals surface area contributed by atoms with Crippen LogP contribution in [0.25, 0.3) is 28.0 Å². The van der Waals surface area contributed by atoms with Crippen LogP contribution in [0.4, 0.5) is 0 Å². The maximum absolute atomic E-state index is 13.3. The summed E-state index contributed by atoms with van der Waals surface area (Å²) >= 11 is 0. The largest absolute Gasteiger partial charge is 0.423 e. The van der Waals surface area contributed by atoms with Crippen molar-refractivity contribution in [3.05, 3.63) is 139 Å². The highest BCUT2D eigenvalue weighted by molar-refractivity contribution is 6.02. The third-order valence-corrected chi connectivity index (χ3v) is 5.68. The molecule has 0 amide bonds. The first-order valence-corrected chi connectivity index (χ1v) is 11.5. The van der Waals surface area contributed by atoms with Gasteiger partial charge in [-0.2, -0.15) is 0 Å². The lowest BCUT2D eigenvalue weighted by Gasteiger charge is -2.13. The van der Waals surface area contributed by atoms with Gasteiger partial charge in [-0.05, 0) is 46.4 Å². The molecule has 0 bridgehead atoms. The van der Waals surface area contributed by atoms with Crippen molar-refractivity contribution in [2.75, 3.05) is 0 Å². The second kappa shape index (κ2) is 10.5. The van der Waals surface area contributed by atoms with Crippen LogP contribution in [-0.2, 0) is 4.79 Å². The zero-order chi connectivity index (χ0) is 24.7. The summed E-state index contributed by atoms with van der Waals surface area (Å²) in [4.78, 5) is 25.9. The molecule has 0 heterocycles. The number of hydrogen-bond acceptors (Lipinski definition) is 4. The van der Waals surface area contributed by atoms with E-state index < -0.39 is 11.9 Å². The van der Waals surface area contributed by atoms with Gasteiger partial charge in [-0.1, -0.05) is 103 Å². The van der Waals surface area contributed by atoms with Gasteiger partial charge in [-0.15, -0.1) is 0 Å². The summed E-state index contributed by atoms with van der Waals surface area (Å²) in [6, 6.07) is 37.2. The van der Waals surface area contributed by atoms with Crippen molar-refractivity contribution < 1.29 is 19.1 Å². The van der Waals surface area contributed by atoms with Crippen molar-refractivity contribution in [2.45, 2.75) is 0 Å². The minimum Gasteiger partial charge on any atom is -0.423 e. The summed E-state index contributed by atoms with van der Waals surface area (Å²) in [6.07, 6.45) is 3.06. The zero-order valence-corrected chi connectivity index (χ0v) is 19.3. The average molecular weight is 471 g/mol. The number of ether oxygens (including phenoxy) is 2. The molecule has 174 valence electrons. The normalized spacial score (nSPS) is 10.9. The minimum atomic E-state index is -0.526. The molecule has 0 atom stereocenters. The second-order valence-electron chi connectivity index (χ2n) is 8.08. The van der Waals surface area contributed by atoms with E-state index >= 15 is 0 Å². The predicted molar refractivity (Wildman–Crippen MR) is 142 cm³/mol. The molecular formula is C32H22O4. The highest BCUT2D eigenvalue weighted by Crippen LogP contribution is 2.35. The molecule has 5 aromatic carbocycles. The molecule has 0 saturated heterocycles. The summed E-state index contributed by atoms with van der Waals surface area (Å²) < 4.78 is 11.5. The number of carbonyl (C=O) groups is 2. The van der Waals surface area contributed by atoms with E-state index in [1.54, 1.807) is 42.5 Å². The number of fused-ring (bicyclic) bond motifs is 1. The lowest BCUT2D eigenvalue weighted by molar-refractivity contribution is -0.128. The Kier molecular flexibility index (Phi) is 6.68. The number of rotatable bonds is 6. The van der Waals surface area contributed by atoms with Gasteiger partial charge in [-0.25, -0.2) is 9.59 Å². The van der Waals surface area contributed by atoms with Crippen LogP contribution in [0.3, 0.4) is 0 Å². The Morgan fingerprint density at radius 1 is 0.583 bits per heavy atom. The molecule has 0 aromatic heterocycles. The maximum Gasteiger partial charge on any atom is 0.344 e. The van der Waals surface area contributed by atoms with Crippen LogP contribution in [0.5, 0.6) is 11.5 Å². The first kappa shape index (κ1) is 22.8. The molecule has 0 aliphatic rings. The van der Waals surface area contributed by atoms with Gasteiger partial charge in [0.15, 0.2) is 0 Å². The Morgan fingerprint density at radius 2 is 1.19 bits per heavy atom. The van der Waals surface area contributed by atoms with Crippen molar-refractivity contribution in [3.8, 4) is 22.6 Å². The summed E-state index contributed by atoms with van der Waals surface area (Å²) in [5.74, 6) is -0.389. The first-order valence-electron chi connectivity index (χ1n) is 11.5. The Morgan fingerprint density at radius 3 is 1.92 bits per heavy atom. The van der Waals surface area contributed by atoms with Gasteiger partial charge >= 0.3 is 11.9 Å². The maximum atomic E-state index is 13.3. The van der Waals surface area contributed by atoms with Gasteiger partial charge in [0, 0.05) is 6.08 Å². The Labute approximate surface area is 209 Å². The molecule has 0 N–H and O–H groups in total. The third kappa shape index (κ3) is 5.08. The highest BCUT2D eigenvalue weighted by atomic mass is 16.5. The molecular weight excluding hydrogens is 448 g/mol. The molecule has 5 aromatic rings. The first-order chi connectivity index (χ1) is 17.7.